The Morgan fingerprint density at radius 2 is 2.11 bits per heavy atom. The van der Waals surface area contributed by atoms with Crippen LogP contribution in [-0.2, 0) is 13.1 Å². The molecule has 0 spiro atoms. The van der Waals surface area contributed by atoms with E-state index in [1.807, 2.05) is 23.4 Å². The monoisotopic (exact) mass is 289 g/mol. The van der Waals surface area contributed by atoms with E-state index in [9.17, 15) is 0 Å². The molecule has 0 aliphatic carbocycles. The first-order valence-corrected chi connectivity index (χ1v) is 8.39. The summed E-state index contributed by atoms with van der Waals surface area (Å²) in [5.74, 6) is 1.27. The maximum absolute atomic E-state index is 6.25. The van der Waals surface area contributed by atoms with Crippen molar-refractivity contribution < 1.29 is 0 Å². The Labute approximate surface area is 120 Å². The second kappa shape index (κ2) is 8.83. The third-order valence-corrected chi connectivity index (χ3v) is 4.14. The van der Waals surface area contributed by atoms with E-state index >= 15 is 0 Å². The molecule has 0 radical (unpaired) electrons. The standard InChI is InChI=1S/C13H24ClN3S/c1-4-17-12(13(14)11(2)16-17)10-15-8-6-5-7-9-18-3/h15H,4-10H2,1-3H3. The molecule has 1 heterocycles. The lowest BCUT2D eigenvalue weighted by Gasteiger charge is -2.07. The van der Waals surface area contributed by atoms with Crippen molar-refractivity contribution in [3.05, 3.63) is 16.4 Å². The van der Waals surface area contributed by atoms with Gasteiger partial charge in [0.25, 0.3) is 0 Å². The van der Waals surface area contributed by atoms with Crippen molar-refractivity contribution in [2.45, 2.75) is 46.2 Å². The third-order valence-electron chi connectivity index (χ3n) is 2.95. The summed E-state index contributed by atoms with van der Waals surface area (Å²) in [5, 5.41) is 8.68. The lowest BCUT2D eigenvalue weighted by Crippen LogP contribution is -2.18. The van der Waals surface area contributed by atoms with Crippen LogP contribution in [0.5, 0.6) is 0 Å². The van der Waals surface area contributed by atoms with Crippen molar-refractivity contribution in [2.75, 3.05) is 18.6 Å². The summed E-state index contributed by atoms with van der Waals surface area (Å²) in [4.78, 5) is 0. The Morgan fingerprint density at radius 3 is 2.78 bits per heavy atom. The van der Waals surface area contributed by atoms with E-state index < -0.39 is 0 Å². The molecule has 0 saturated carbocycles. The summed E-state index contributed by atoms with van der Waals surface area (Å²) < 4.78 is 1.98. The predicted octanol–water partition coefficient (Wildman–Crippen LogP) is 3.49. The second-order valence-electron chi connectivity index (χ2n) is 4.39. The van der Waals surface area contributed by atoms with Gasteiger partial charge in [-0.25, -0.2) is 0 Å². The SMILES string of the molecule is CCn1nc(C)c(Cl)c1CNCCCCCSC. The fourth-order valence-corrected chi connectivity index (χ4v) is 2.61. The van der Waals surface area contributed by atoms with Crippen LogP contribution in [0.25, 0.3) is 0 Å². The fourth-order valence-electron chi connectivity index (χ4n) is 1.92. The molecule has 18 heavy (non-hydrogen) atoms. The Balaban J connectivity index is 2.26. The molecular formula is C13H24ClN3S. The van der Waals surface area contributed by atoms with Gasteiger partial charge in [-0.05, 0) is 45.2 Å². The predicted molar refractivity (Wildman–Crippen MR) is 81.6 cm³/mol. The summed E-state index contributed by atoms with van der Waals surface area (Å²) >= 11 is 8.17. The van der Waals surface area contributed by atoms with E-state index in [0.717, 1.165) is 36.0 Å². The molecule has 0 bridgehead atoms. The Morgan fingerprint density at radius 1 is 1.33 bits per heavy atom. The average molecular weight is 290 g/mol. The number of hydrogen-bond donors (Lipinski definition) is 1. The van der Waals surface area contributed by atoms with Crippen molar-refractivity contribution in [1.82, 2.24) is 15.1 Å². The van der Waals surface area contributed by atoms with E-state index in [0.29, 0.717) is 0 Å². The maximum atomic E-state index is 6.25. The van der Waals surface area contributed by atoms with Gasteiger partial charge in [0.05, 0.1) is 16.4 Å². The lowest BCUT2D eigenvalue weighted by molar-refractivity contribution is 0.563. The smallest absolute Gasteiger partial charge is 0.0860 e. The van der Waals surface area contributed by atoms with Crippen molar-refractivity contribution in [1.29, 1.82) is 0 Å². The minimum Gasteiger partial charge on any atom is -0.311 e. The molecule has 0 unspecified atom stereocenters. The van der Waals surface area contributed by atoms with Crippen LogP contribution in [0.3, 0.4) is 0 Å². The van der Waals surface area contributed by atoms with Gasteiger partial charge in [0.15, 0.2) is 0 Å². The highest BCUT2D eigenvalue weighted by Gasteiger charge is 2.11. The molecule has 0 atom stereocenters. The van der Waals surface area contributed by atoms with Crippen LogP contribution in [0.2, 0.25) is 5.02 Å². The highest BCUT2D eigenvalue weighted by atomic mass is 35.5. The van der Waals surface area contributed by atoms with E-state index in [1.165, 1.54) is 25.0 Å². The number of hydrogen-bond acceptors (Lipinski definition) is 3. The summed E-state index contributed by atoms with van der Waals surface area (Å²) in [6, 6.07) is 0. The van der Waals surface area contributed by atoms with E-state index in [4.69, 9.17) is 11.6 Å². The molecule has 0 amide bonds. The summed E-state index contributed by atoms with van der Waals surface area (Å²) in [5.41, 5.74) is 2.04. The number of unbranched alkanes of at least 4 members (excludes halogenated alkanes) is 2. The second-order valence-corrected chi connectivity index (χ2v) is 5.76. The molecule has 1 rings (SSSR count). The molecule has 0 aromatic carbocycles. The lowest BCUT2D eigenvalue weighted by atomic mass is 10.2. The number of rotatable bonds is 9. The summed E-state index contributed by atoms with van der Waals surface area (Å²) in [7, 11) is 0. The van der Waals surface area contributed by atoms with Crippen molar-refractivity contribution in [3.8, 4) is 0 Å². The highest BCUT2D eigenvalue weighted by molar-refractivity contribution is 7.98. The maximum Gasteiger partial charge on any atom is 0.0860 e. The molecule has 0 aliphatic heterocycles. The van der Waals surface area contributed by atoms with Crippen LogP contribution in [-0.4, -0.2) is 28.3 Å². The third kappa shape index (κ3) is 4.82. The number of halogens is 1. The Hall–Kier alpha value is -0.190. The van der Waals surface area contributed by atoms with Gasteiger partial charge in [0, 0.05) is 13.1 Å². The van der Waals surface area contributed by atoms with E-state index in [-0.39, 0.29) is 0 Å². The first-order chi connectivity index (χ1) is 8.70. The molecule has 104 valence electrons. The largest absolute Gasteiger partial charge is 0.311 e. The first kappa shape index (κ1) is 15.9. The Bertz CT molecular complexity index is 352. The molecule has 1 N–H and O–H groups in total. The average Bonchev–Trinajstić information content (AvgIpc) is 2.65. The first-order valence-electron chi connectivity index (χ1n) is 6.62. The number of nitrogens with one attached hydrogen (secondary N) is 1. The van der Waals surface area contributed by atoms with Gasteiger partial charge < -0.3 is 5.32 Å². The van der Waals surface area contributed by atoms with Crippen molar-refractivity contribution in [2.24, 2.45) is 0 Å². The number of nitrogens with zero attached hydrogens (tertiary/aromatic N) is 2. The molecule has 0 fully saturated rings. The van der Waals surface area contributed by atoms with Gasteiger partial charge >= 0.3 is 0 Å². The number of thioether (sulfide) groups is 1. The molecule has 3 nitrogen and oxygen atoms in total. The molecule has 0 aliphatic rings. The zero-order valence-corrected chi connectivity index (χ0v) is 13.2. The van der Waals surface area contributed by atoms with Gasteiger partial charge in [-0.15, -0.1) is 0 Å². The topological polar surface area (TPSA) is 29.9 Å². The normalized spacial score (nSPS) is 11.1. The van der Waals surface area contributed by atoms with E-state index in [2.05, 4.69) is 23.6 Å². The molecule has 1 aromatic heterocycles. The van der Waals surface area contributed by atoms with Crippen LogP contribution in [0, 0.1) is 6.92 Å². The van der Waals surface area contributed by atoms with E-state index in [1.54, 1.807) is 0 Å². The zero-order chi connectivity index (χ0) is 13.4. The number of aromatic nitrogens is 2. The minimum atomic E-state index is 0.812. The van der Waals surface area contributed by atoms with Gasteiger partial charge in [0.1, 0.15) is 0 Å². The van der Waals surface area contributed by atoms with Crippen LogP contribution in [0.1, 0.15) is 37.6 Å². The Kier molecular flexibility index (Phi) is 7.79. The van der Waals surface area contributed by atoms with Crippen molar-refractivity contribution >= 4 is 23.4 Å². The van der Waals surface area contributed by atoms with Gasteiger partial charge in [-0.3, -0.25) is 4.68 Å². The highest BCUT2D eigenvalue weighted by Crippen LogP contribution is 2.19. The minimum absolute atomic E-state index is 0.812. The summed E-state index contributed by atoms with van der Waals surface area (Å²) in [6.07, 6.45) is 6.01. The van der Waals surface area contributed by atoms with Gasteiger partial charge in [-0.2, -0.15) is 16.9 Å². The molecular weight excluding hydrogens is 266 g/mol. The van der Waals surface area contributed by atoms with Crippen molar-refractivity contribution in [3.63, 3.8) is 0 Å². The zero-order valence-electron chi connectivity index (χ0n) is 11.6. The van der Waals surface area contributed by atoms with Gasteiger partial charge in [-0.1, -0.05) is 18.0 Å². The van der Waals surface area contributed by atoms with Gasteiger partial charge in [0.2, 0.25) is 0 Å². The summed E-state index contributed by atoms with van der Waals surface area (Å²) in [6.45, 7) is 6.79. The molecule has 0 saturated heterocycles. The van der Waals surface area contributed by atoms with Crippen LogP contribution < -0.4 is 5.32 Å². The molecule has 5 heteroatoms. The quantitative estimate of drug-likeness (QED) is 0.706. The molecule has 1 aromatic rings. The van der Waals surface area contributed by atoms with Crippen LogP contribution >= 0.6 is 23.4 Å². The number of aryl methyl sites for hydroxylation is 2. The van der Waals surface area contributed by atoms with Crippen LogP contribution in [0.15, 0.2) is 0 Å². The fraction of sp³-hybridized carbons (Fsp3) is 0.769. The van der Waals surface area contributed by atoms with Crippen LogP contribution in [0.4, 0.5) is 0 Å².